The van der Waals surface area contributed by atoms with Crippen LogP contribution in [0.25, 0.3) is 0 Å². The van der Waals surface area contributed by atoms with Crippen LogP contribution in [-0.2, 0) is 23.1 Å². The van der Waals surface area contributed by atoms with E-state index in [4.69, 9.17) is 0 Å². The Hall–Kier alpha value is -4.63. The fraction of sp³-hybridized carbons (Fsp3) is 0.500. The predicted octanol–water partition coefficient (Wildman–Crippen LogP) is 1.82. The summed E-state index contributed by atoms with van der Waals surface area (Å²) < 4.78 is 0. The molecule has 2 aliphatic carbocycles. The second-order valence-electron chi connectivity index (χ2n) is 13.4. The molecule has 2 aromatic carbocycles. The van der Waals surface area contributed by atoms with Crippen LogP contribution in [0.2, 0.25) is 0 Å². The standard InChI is InChI=1S/C34H37N9O3/c35-19-26-17-25-18-29(25)43(26)30(44)20-36-10-9-34(33-37-39-40-38-33)27-7-5-23(31(45)41-11-1-12-41)15-21(27)3-4-22-16-24(6-8-28(22)34)32(46)42-13-2-14-42/h5-8,15-16,25-26,29,36H,1-4,9-14,17-18,20H2,(H,37,38,39,40)/t25-,26?,29+/m1/s1. The van der Waals surface area contributed by atoms with Crippen LogP contribution in [0.3, 0.4) is 0 Å². The van der Waals surface area contributed by atoms with Crippen LogP contribution in [0.5, 0.6) is 0 Å². The number of hydrogen-bond acceptors (Lipinski definition) is 8. The molecule has 1 aromatic heterocycles. The Morgan fingerprint density at radius 3 is 2.09 bits per heavy atom. The number of fused-ring (bicyclic) bond motifs is 3. The number of rotatable bonds is 8. The van der Waals surface area contributed by atoms with E-state index in [-0.39, 0.29) is 36.3 Å². The number of carbonyl (C=O) groups is 3. The number of benzene rings is 2. The summed E-state index contributed by atoms with van der Waals surface area (Å²) in [5.41, 5.74) is 4.60. The number of hydrogen-bond donors (Lipinski definition) is 2. The molecule has 4 heterocycles. The van der Waals surface area contributed by atoms with E-state index in [2.05, 4.69) is 32.0 Å². The lowest BCUT2D eigenvalue weighted by Gasteiger charge is -2.35. The largest absolute Gasteiger partial charge is 0.339 e. The van der Waals surface area contributed by atoms with Gasteiger partial charge in [-0.1, -0.05) is 12.1 Å². The predicted molar refractivity (Wildman–Crippen MR) is 166 cm³/mol. The van der Waals surface area contributed by atoms with Crippen molar-refractivity contribution in [2.45, 2.75) is 62.4 Å². The molecule has 3 atom stereocenters. The van der Waals surface area contributed by atoms with Gasteiger partial charge in [0.2, 0.25) is 5.91 Å². The lowest BCUT2D eigenvalue weighted by Crippen LogP contribution is -2.44. The number of carbonyl (C=O) groups excluding carboxylic acids is 3. The Morgan fingerprint density at radius 1 is 0.935 bits per heavy atom. The summed E-state index contributed by atoms with van der Waals surface area (Å²) in [6.45, 7) is 3.72. The first-order chi connectivity index (χ1) is 22.5. The van der Waals surface area contributed by atoms with Gasteiger partial charge in [0.05, 0.1) is 18.0 Å². The van der Waals surface area contributed by atoms with Crippen LogP contribution in [0, 0.1) is 17.2 Å². The van der Waals surface area contributed by atoms with E-state index in [9.17, 15) is 19.6 Å². The first kappa shape index (κ1) is 28.8. The van der Waals surface area contributed by atoms with Gasteiger partial charge in [-0.3, -0.25) is 14.4 Å². The summed E-state index contributed by atoms with van der Waals surface area (Å²) >= 11 is 0. The summed E-state index contributed by atoms with van der Waals surface area (Å²) in [6.07, 6.45) is 5.70. The van der Waals surface area contributed by atoms with E-state index in [0.717, 1.165) is 74.1 Å². The third-order valence-corrected chi connectivity index (χ3v) is 10.8. The van der Waals surface area contributed by atoms with Crippen molar-refractivity contribution in [2.24, 2.45) is 5.92 Å². The highest BCUT2D eigenvalue weighted by Crippen LogP contribution is 2.48. The molecule has 12 nitrogen and oxygen atoms in total. The molecule has 0 bridgehead atoms. The second kappa shape index (κ2) is 11.3. The number of tetrazole rings is 1. The van der Waals surface area contributed by atoms with Crippen LogP contribution < -0.4 is 5.32 Å². The summed E-state index contributed by atoms with van der Waals surface area (Å²) in [5, 5.41) is 28.5. The summed E-state index contributed by atoms with van der Waals surface area (Å²) in [6, 6.07) is 14.1. The van der Waals surface area contributed by atoms with Crippen LogP contribution in [0.4, 0.5) is 0 Å². The average Bonchev–Trinajstić information content (AvgIpc) is 3.40. The Morgan fingerprint density at radius 2 is 1.57 bits per heavy atom. The van der Waals surface area contributed by atoms with Crippen molar-refractivity contribution in [3.8, 4) is 6.07 Å². The van der Waals surface area contributed by atoms with Gasteiger partial charge in [0.25, 0.3) is 11.8 Å². The number of aromatic amines is 1. The number of aromatic nitrogens is 4. The number of piperidine rings is 1. The molecule has 1 saturated carbocycles. The third kappa shape index (κ3) is 4.67. The maximum atomic E-state index is 13.3. The van der Waals surface area contributed by atoms with E-state index < -0.39 is 5.41 Å². The molecule has 4 fully saturated rings. The van der Waals surface area contributed by atoms with Crippen molar-refractivity contribution < 1.29 is 14.4 Å². The Bertz CT molecular complexity index is 1660. The second-order valence-corrected chi connectivity index (χ2v) is 13.4. The molecular weight excluding hydrogens is 582 g/mol. The fourth-order valence-corrected chi connectivity index (χ4v) is 7.99. The lowest BCUT2D eigenvalue weighted by atomic mass is 9.69. The molecule has 2 N–H and O–H groups in total. The van der Waals surface area contributed by atoms with Gasteiger partial charge in [-0.05, 0) is 114 Å². The van der Waals surface area contributed by atoms with E-state index in [1.165, 1.54) is 0 Å². The number of amides is 3. The van der Waals surface area contributed by atoms with Crippen molar-refractivity contribution >= 4 is 17.7 Å². The van der Waals surface area contributed by atoms with Gasteiger partial charge >= 0.3 is 0 Å². The zero-order valence-electron chi connectivity index (χ0n) is 25.7. The smallest absolute Gasteiger partial charge is 0.253 e. The van der Waals surface area contributed by atoms with Gasteiger partial charge in [0, 0.05) is 43.3 Å². The van der Waals surface area contributed by atoms with E-state index in [1.54, 1.807) is 4.90 Å². The van der Waals surface area contributed by atoms with E-state index in [1.807, 2.05) is 46.2 Å². The molecule has 8 rings (SSSR count). The molecule has 3 saturated heterocycles. The SMILES string of the molecule is N#CC1C[C@@H]2C[C@@H]2N1C(=O)CNCCC1(c2nnn[nH]2)c2ccc(C(=O)N3CCC3)cc2CCc2cc(C(=O)N3CCC3)ccc21. The normalized spacial score (nSPS) is 23.6. The first-order valence-corrected chi connectivity index (χ1v) is 16.5. The van der Waals surface area contributed by atoms with Gasteiger partial charge in [0.15, 0.2) is 5.82 Å². The lowest BCUT2D eigenvalue weighted by molar-refractivity contribution is -0.131. The highest BCUT2D eigenvalue weighted by molar-refractivity contribution is 5.96. The quantitative estimate of drug-likeness (QED) is 0.363. The van der Waals surface area contributed by atoms with Gasteiger partial charge in [0.1, 0.15) is 6.04 Å². The van der Waals surface area contributed by atoms with Crippen molar-refractivity contribution in [3.63, 3.8) is 0 Å². The number of H-pyrrole nitrogens is 1. The molecule has 0 spiro atoms. The van der Waals surface area contributed by atoms with Gasteiger partial charge in [-0.15, -0.1) is 5.10 Å². The number of likely N-dealkylation sites (tertiary alicyclic amines) is 3. The highest BCUT2D eigenvalue weighted by Gasteiger charge is 2.54. The van der Waals surface area contributed by atoms with Crippen molar-refractivity contribution in [1.29, 1.82) is 5.26 Å². The van der Waals surface area contributed by atoms with E-state index >= 15 is 0 Å². The first-order valence-electron chi connectivity index (χ1n) is 16.5. The third-order valence-electron chi connectivity index (χ3n) is 10.8. The van der Waals surface area contributed by atoms with Crippen molar-refractivity contribution in [2.75, 3.05) is 39.3 Å². The zero-order valence-corrected chi connectivity index (χ0v) is 25.7. The van der Waals surface area contributed by atoms with Gasteiger partial charge < -0.3 is 20.0 Å². The maximum absolute atomic E-state index is 13.3. The summed E-state index contributed by atoms with van der Waals surface area (Å²) in [4.78, 5) is 45.3. The zero-order chi connectivity index (χ0) is 31.4. The number of nitriles is 1. The Kier molecular flexibility index (Phi) is 7.09. The molecule has 236 valence electrons. The molecule has 3 aromatic rings. The molecule has 5 aliphatic rings. The summed E-state index contributed by atoms with van der Waals surface area (Å²) in [5.74, 6) is 1.07. The molecule has 0 radical (unpaired) electrons. The van der Waals surface area contributed by atoms with Crippen LogP contribution in [0.1, 0.15) is 80.9 Å². The number of aryl methyl sites for hydroxylation is 2. The van der Waals surface area contributed by atoms with Crippen LogP contribution in [-0.4, -0.2) is 104 Å². The highest BCUT2D eigenvalue weighted by atomic mass is 16.2. The molecular formula is C34H37N9O3. The minimum atomic E-state index is -0.832. The molecule has 46 heavy (non-hydrogen) atoms. The Balaban J connectivity index is 1.15. The van der Waals surface area contributed by atoms with Crippen molar-refractivity contribution in [3.05, 3.63) is 75.6 Å². The van der Waals surface area contributed by atoms with E-state index in [0.29, 0.717) is 48.7 Å². The molecule has 12 heteroatoms. The molecule has 3 aliphatic heterocycles. The minimum Gasteiger partial charge on any atom is -0.339 e. The molecule has 1 unspecified atom stereocenters. The van der Waals surface area contributed by atoms with Crippen molar-refractivity contribution in [1.82, 2.24) is 40.6 Å². The number of nitrogens with zero attached hydrogens (tertiary/aromatic N) is 7. The van der Waals surface area contributed by atoms with Gasteiger partial charge in [-0.25, -0.2) is 5.10 Å². The van der Waals surface area contributed by atoms with Gasteiger partial charge in [-0.2, -0.15) is 5.26 Å². The average molecular weight is 620 g/mol. The van der Waals surface area contributed by atoms with Crippen LogP contribution in [0.15, 0.2) is 36.4 Å². The molecule has 3 amide bonds. The van der Waals surface area contributed by atoms with Crippen LogP contribution >= 0.6 is 0 Å². The number of nitrogens with one attached hydrogen (secondary N) is 2. The maximum Gasteiger partial charge on any atom is 0.253 e. The Labute approximate surface area is 267 Å². The fourth-order valence-electron chi connectivity index (χ4n) is 7.99. The topological polar surface area (TPSA) is 151 Å². The summed E-state index contributed by atoms with van der Waals surface area (Å²) in [7, 11) is 0. The monoisotopic (exact) mass is 619 g/mol. The minimum absolute atomic E-state index is 0.0424.